The molecule has 1 aliphatic heterocycles. The highest BCUT2D eigenvalue weighted by atomic mass is 32.2. The van der Waals surface area contributed by atoms with Crippen LogP contribution in [0.25, 0.3) is 0 Å². The second kappa shape index (κ2) is 8.43. The summed E-state index contributed by atoms with van der Waals surface area (Å²) in [6, 6.07) is 16.1. The van der Waals surface area contributed by atoms with Crippen molar-refractivity contribution in [2.45, 2.75) is 36.2 Å². The maximum Gasteiger partial charge on any atom is 0.254 e. The number of thiocarbonyl (C=S) groups is 1. The van der Waals surface area contributed by atoms with E-state index in [2.05, 4.69) is 4.72 Å². The number of hydrogen-bond acceptors (Lipinski definition) is 5. The van der Waals surface area contributed by atoms with Gasteiger partial charge in [0.1, 0.15) is 9.07 Å². The van der Waals surface area contributed by atoms with Crippen molar-refractivity contribution in [1.29, 1.82) is 0 Å². The number of benzene rings is 2. The molecule has 0 bridgehead atoms. The van der Waals surface area contributed by atoms with E-state index in [9.17, 15) is 13.6 Å². The van der Waals surface area contributed by atoms with Gasteiger partial charge in [-0.05, 0) is 50.7 Å². The minimum absolute atomic E-state index is 0.151. The second-order valence-corrected chi connectivity index (χ2v) is 11.4. The van der Waals surface area contributed by atoms with Gasteiger partial charge in [-0.1, -0.05) is 54.3 Å². The number of sulfonamides is 1. The van der Waals surface area contributed by atoms with Crippen LogP contribution in [0.1, 0.15) is 25.0 Å². The zero-order chi connectivity index (χ0) is 21.2. The normalized spacial score (nSPS) is 19.6. The third kappa shape index (κ3) is 4.80. The Morgan fingerprint density at radius 1 is 1.21 bits per heavy atom. The lowest BCUT2D eigenvalue weighted by Crippen LogP contribution is -2.47. The van der Waals surface area contributed by atoms with Crippen molar-refractivity contribution in [3.63, 3.8) is 0 Å². The smallest absolute Gasteiger partial charge is 0.254 e. The van der Waals surface area contributed by atoms with Crippen LogP contribution < -0.4 is 4.72 Å². The summed E-state index contributed by atoms with van der Waals surface area (Å²) in [5.74, 6) is 0. The predicted molar refractivity (Wildman–Crippen MR) is 122 cm³/mol. The summed E-state index contributed by atoms with van der Waals surface area (Å²) in [6.45, 7) is 4.55. The molecule has 29 heavy (non-hydrogen) atoms. The quantitative estimate of drug-likeness (QED) is 0.240. The molecule has 0 amide bonds. The summed E-state index contributed by atoms with van der Waals surface area (Å²) in [5.41, 5.74) is 1.70. The molecule has 1 fully saturated rings. The second-order valence-electron chi connectivity index (χ2n) is 7.22. The molecule has 1 atom stereocenters. The van der Waals surface area contributed by atoms with Crippen LogP contribution in [0, 0.1) is 5.21 Å². The topological polar surface area (TPSA) is 75.5 Å². The van der Waals surface area contributed by atoms with E-state index in [0.29, 0.717) is 16.4 Å². The highest BCUT2D eigenvalue weighted by molar-refractivity contribution is 8.24. The Kier molecular flexibility index (Phi) is 6.33. The minimum atomic E-state index is -3.51. The van der Waals surface area contributed by atoms with Crippen LogP contribution in [0.3, 0.4) is 0 Å². The molecule has 0 radical (unpaired) electrons. The maximum atomic E-state index is 13.1. The fraction of sp³-hybridized carbons (Fsp3) is 0.300. The fourth-order valence-corrected chi connectivity index (χ4v) is 5.86. The van der Waals surface area contributed by atoms with Crippen LogP contribution >= 0.6 is 24.0 Å². The number of nitrogens with zero attached hydrogens (tertiary/aromatic N) is 2. The van der Waals surface area contributed by atoms with E-state index in [-0.39, 0.29) is 4.90 Å². The Labute approximate surface area is 181 Å². The van der Waals surface area contributed by atoms with Crippen LogP contribution in [-0.2, 0) is 16.6 Å². The van der Waals surface area contributed by atoms with Crippen molar-refractivity contribution in [2.75, 3.05) is 7.05 Å². The lowest BCUT2D eigenvalue weighted by molar-refractivity contribution is -0.524. The molecule has 0 aromatic heterocycles. The highest BCUT2D eigenvalue weighted by Gasteiger charge is 2.50. The third-order valence-electron chi connectivity index (χ3n) is 4.67. The van der Waals surface area contributed by atoms with Gasteiger partial charge >= 0.3 is 0 Å². The molecule has 1 N–H and O–H groups in total. The Balaban J connectivity index is 1.89. The van der Waals surface area contributed by atoms with Crippen LogP contribution in [0.4, 0.5) is 0 Å². The van der Waals surface area contributed by atoms with E-state index in [4.69, 9.17) is 12.2 Å². The molecule has 154 valence electrons. The van der Waals surface area contributed by atoms with Gasteiger partial charge in [-0.2, -0.15) is 4.74 Å². The Bertz CT molecular complexity index is 1020. The van der Waals surface area contributed by atoms with E-state index in [1.54, 1.807) is 12.1 Å². The van der Waals surface area contributed by atoms with Crippen molar-refractivity contribution in [1.82, 2.24) is 9.62 Å². The third-order valence-corrected chi connectivity index (χ3v) is 7.73. The Morgan fingerprint density at radius 3 is 2.41 bits per heavy atom. The van der Waals surface area contributed by atoms with Crippen LogP contribution in [0.5, 0.6) is 0 Å². The largest absolute Gasteiger partial charge is 0.622 e. The summed E-state index contributed by atoms with van der Waals surface area (Å²) in [5, 5.41) is 13.1. The molecular formula is C20H23N3O3S3. The number of hydrogen-bond donors (Lipinski definition) is 1. The molecule has 0 aliphatic carbocycles. The molecule has 1 heterocycles. The SMILES string of the molecule is CNS(=O)(=O)c1ccc(/C=[N+](/[O-])[C@H]2N(Cc3ccccc3)C(=S)SC2(C)C)cc1. The zero-order valence-electron chi connectivity index (χ0n) is 16.4. The first-order valence-corrected chi connectivity index (χ1v) is 11.7. The van der Waals surface area contributed by atoms with Crippen LogP contribution in [0.2, 0.25) is 0 Å². The zero-order valence-corrected chi connectivity index (χ0v) is 18.9. The van der Waals surface area contributed by atoms with Gasteiger partial charge in [-0.3, -0.25) is 4.90 Å². The number of hydroxylamine groups is 1. The van der Waals surface area contributed by atoms with Gasteiger partial charge in [0.2, 0.25) is 10.0 Å². The lowest BCUT2D eigenvalue weighted by Gasteiger charge is -2.29. The molecule has 0 spiro atoms. The summed E-state index contributed by atoms with van der Waals surface area (Å²) >= 11 is 7.07. The molecule has 2 aromatic rings. The van der Waals surface area contributed by atoms with Gasteiger partial charge in [0.15, 0.2) is 6.21 Å². The van der Waals surface area contributed by atoms with Gasteiger partial charge in [0, 0.05) is 5.56 Å². The van der Waals surface area contributed by atoms with Gasteiger partial charge in [0.25, 0.3) is 6.17 Å². The molecule has 0 saturated carbocycles. The molecular weight excluding hydrogens is 426 g/mol. The molecule has 2 aromatic carbocycles. The van der Waals surface area contributed by atoms with E-state index >= 15 is 0 Å². The fourth-order valence-electron chi connectivity index (χ4n) is 3.25. The van der Waals surface area contributed by atoms with Crippen molar-refractivity contribution < 1.29 is 13.2 Å². The van der Waals surface area contributed by atoms with Gasteiger partial charge in [-0.15, -0.1) is 0 Å². The number of rotatable bonds is 6. The first-order chi connectivity index (χ1) is 13.6. The molecule has 1 aliphatic rings. The lowest BCUT2D eigenvalue weighted by atomic mass is 10.1. The molecule has 3 rings (SSSR count). The number of nitrogens with one attached hydrogen (secondary N) is 1. The van der Waals surface area contributed by atoms with E-state index in [1.165, 1.54) is 37.2 Å². The molecule has 1 saturated heterocycles. The monoisotopic (exact) mass is 449 g/mol. The standard InChI is InChI=1S/C20H23N3O3S3/c1-20(2)18(22(19(27)28-20)13-15-7-5-4-6-8-15)23(24)14-16-9-11-17(12-10-16)29(25,26)21-3/h4-12,14,18,21H,13H2,1-3H3/b23-14+/t18-/m1/s1. The first-order valence-electron chi connectivity index (χ1n) is 9.01. The Hall–Kier alpha value is -1.94. The maximum absolute atomic E-state index is 13.1. The summed E-state index contributed by atoms with van der Waals surface area (Å²) in [6.07, 6.45) is 0.996. The first kappa shape index (κ1) is 21.8. The van der Waals surface area contributed by atoms with Gasteiger partial charge in [-0.25, -0.2) is 13.1 Å². The predicted octanol–water partition coefficient (Wildman–Crippen LogP) is 3.16. The highest BCUT2D eigenvalue weighted by Crippen LogP contribution is 2.42. The van der Waals surface area contributed by atoms with E-state index in [1.807, 2.05) is 49.1 Å². The van der Waals surface area contributed by atoms with Crippen LogP contribution in [0.15, 0.2) is 59.5 Å². The number of thioether (sulfide) groups is 1. The van der Waals surface area contributed by atoms with Crippen molar-refractivity contribution >= 4 is 44.5 Å². The molecule has 0 unspecified atom stereocenters. The van der Waals surface area contributed by atoms with E-state index < -0.39 is 20.9 Å². The van der Waals surface area contributed by atoms with Crippen molar-refractivity contribution in [3.8, 4) is 0 Å². The average molecular weight is 450 g/mol. The van der Waals surface area contributed by atoms with Crippen molar-refractivity contribution in [2.24, 2.45) is 0 Å². The van der Waals surface area contributed by atoms with Crippen LogP contribution in [-0.4, -0.2) is 46.6 Å². The summed E-state index contributed by atoms with van der Waals surface area (Å²) in [7, 11) is -2.15. The van der Waals surface area contributed by atoms with Gasteiger partial charge < -0.3 is 5.21 Å². The summed E-state index contributed by atoms with van der Waals surface area (Å²) in [4.78, 5) is 2.09. The molecule has 9 heteroatoms. The minimum Gasteiger partial charge on any atom is -0.622 e. The van der Waals surface area contributed by atoms with Gasteiger partial charge in [0.05, 0.1) is 11.4 Å². The molecule has 6 nitrogen and oxygen atoms in total. The Morgan fingerprint density at radius 2 is 1.83 bits per heavy atom. The van der Waals surface area contributed by atoms with E-state index in [0.717, 1.165) is 10.3 Å². The summed E-state index contributed by atoms with van der Waals surface area (Å²) < 4.78 is 27.2. The average Bonchev–Trinajstić information content (AvgIpc) is 2.91. The van der Waals surface area contributed by atoms with Crippen molar-refractivity contribution in [3.05, 3.63) is 70.9 Å².